The number of halogens is 6. The number of anilines is 1. The van der Waals surface area contributed by atoms with Gasteiger partial charge in [-0.25, -0.2) is 4.39 Å². The average Bonchev–Trinajstić information content (AvgIpc) is 2.55. The molecule has 0 spiro atoms. The molecule has 1 atom stereocenters. The van der Waals surface area contributed by atoms with Crippen molar-refractivity contribution in [2.45, 2.75) is 11.4 Å². The molecule has 148 valence electrons. The molecule has 1 heterocycles. The molecule has 0 fully saturated rings. The number of fused-ring (bicyclic) bond motifs is 1. The Morgan fingerprint density at radius 3 is 2.50 bits per heavy atom. The molecular formula is C16H8Cl2F4N2O3S. The molecule has 0 bridgehead atoms. The molecule has 0 aliphatic carbocycles. The predicted molar refractivity (Wildman–Crippen MR) is 97.4 cm³/mol. The van der Waals surface area contributed by atoms with Crippen molar-refractivity contribution in [2.24, 2.45) is 0 Å². The molecule has 0 saturated carbocycles. The highest BCUT2D eigenvalue weighted by Crippen LogP contribution is 2.48. The second-order valence-electron chi connectivity index (χ2n) is 5.40. The topological polar surface area (TPSA) is 59.6 Å². The Bertz CT molecular complexity index is 955. The summed E-state index contributed by atoms with van der Waals surface area (Å²) in [5.74, 6) is -2.66. The third-order valence-electron chi connectivity index (χ3n) is 3.43. The van der Waals surface area contributed by atoms with Crippen LogP contribution >= 0.6 is 35.4 Å². The lowest BCUT2D eigenvalue weighted by Gasteiger charge is -2.33. The molecule has 2 N–H and O–H groups in total. The number of amides is 1. The van der Waals surface area contributed by atoms with Gasteiger partial charge in [0, 0.05) is 11.8 Å². The van der Waals surface area contributed by atoms with Gasteiger partial charge in [-0.15, -0.1) is 0 Å². The Hall–Kier alpha value is -2.30. The van der Waals surface area contributed by atoms with Gasteiger partial charge in [-0.2, -0.15) is 13.2 Å². The van der Waals surface area contributed by atoms with Crippen LogP contribution in [-0.2, 0) is 0 Å². The molecule has 0 radical (unpaired) electrons. The molecular weight excluding hydrogens is 447 g/mol. The minimum Gasteiger partial charge on any atom is -0.434 e. The molecule has 28 heavy (non-hydrogen) atoms. The number of carbonyl (C=O) groups is 1. The smallest absolute Gasteiger partial charge is 0.434 e. The maximum Gasteiger partial charge on any atom is 0.488 e. The van der Waals surface area contributed by atoms with Gasteiger partial charge in [0.05, 0.1) is 10.6 Å². The molecule has 1 amide bonds. The van der Waals surface area contributed by atoms with E-state index in [2.05, 4.69) is 20.1 Å². The van der Waals surface area contributed by atoms with Crippen LogP contribution in [-0.4, -0.2) is 22.4 Å². The van der Waals surface area contributed by atoms with Crippen LogP contribution < -0.4 is 20.1 Å². The zero-order chi connectivity index (χ0) is 20.7. The van der Waals surface area contributed by atoms with Gasteiger partial charge in [0.1, 0.15) is 5.82 Å². The summed E-state index contributed by atoms with van der Waals surface area (Å²) >= 11 is 15.7. The first-order chi connectivity index (χ1) is 13.0. The summed E-state index contributed by atoms with van der Waals surface area (Å²) in [5.41, 5.74) is -0.299. The van der Waals surface area contributed by atoms with E-state index in [1.165, 1.54) is 18.2 Å². The Balaban J connectivity index is 1.73. The normalized spacial score (nSPS) is 19.6. The van der Waals surface area contributed by atoms with Gasteiger partial charge in [-0.1, -0.05) is 17.7 Å². The molecule has 1 aliphatic heterocycles. The van der Waals surface area contributed by atoms with Crippen molar-refractivity contribution in [3.63, 3.8) is 0 Å². The van der Waals surface area contributed by atoms with E-state index >= 15 is 0 Å². The standard InChI is InChI=1S/C16H8Cl2F4N2O3S/c17-8-2-1-3-9(19)12(8)13(25)24-14(28)23-7-4-5-10-11(6-7)26-15(18,20)16(21,22)27-10/h1-6H,(H2,23,24,25,28). The van der Waals surface area contributed by atoms with Crippen molar-refractivity contribution in [2.75, 3.05) is 5.32 Å². The third-order valence-corrected chi connectivity index (χ3v) is 4.25. The molecule has 1 unspecified atom stereocenters. The van der Waals surface area contributed by atoms with Gasteiger partial charge in [0.15, 0.2) is 16.6 Å². The highest BCUT2D eigenvalue weighted by atomic mass is 35.5. The molecule has 2 aromatic carbocycles. The van der Waals surface area contributed by atoms with E-state index in [9.17, 15) is 22.4 Å². The van der Waals surface area contributed by atoms with Gasteiger partial charge >= 0.3 is 11.4 Å². The van der Waals surface area contributed by atoms with Crippen LogP contribution in [0.2, 0.25) is 5.02 Å². The zero-order valence-electron chi connectivity index (χ0n) is 13.4. The van der Waals surface area contributed by atoms with Gasteiger partial charge in [-0.05, 0) is 48.1 Å². The summed E-state index contributed by atoms with van der Waals surface area (Å²) in [4.78, 5) is 12.1. The number of ether oxygens (including phenoxy) is 2. The highest BCUT2D eigenvalue weighted by Gasteiger charge is 2.63. The van der Waals surface area contributed by atoms with E-state index in [0.29, 0.717) is 0 Å². The fourth-order valence-electron chi connectivity index (χ4n) is 2.19. The lowest BCUT2D eigenvalue weighted by molar-refractivity contribution is -0.303. The lowest BCUT2D eigenvalue weighted by atomic mass is 10.2. The molecule has 1 aliphatic rings. The number of carbonyl (C=O) groups excluding carboxylic acids is 1. The van der Waals surface area contributed by atoms with Crippen molar-refractivity contribution in [3.05, 3.63) is 52.8 Å². The first kappa shape index (κ1) is 20.4. The number of benzene rings is 2. The van der Waals surface area contributed by atoms with Crippen molar-refractivity contribution in [3.8, 4) is 11.5 Å². The van der Waals surface area contributed by atoms with Crippen molar-refractivity contribution >= 4 is 52.1 Å². The number of hydrogen-bond donors (Lipinski definition) is 2. The van der Waals surface area contributed by atoms with Gasteiger partial charge in [0.25, 0.3) is 5.91 Å². The Kier molecular flexibility index (Phi) is 5.30. The number of nitrogens with one attached hydrogen (secondary N) is 2. The Labute approximate surface area is 170 Å². The summed E-state index contributed by atoms with van der Waals surface area (Å²) in [6.07, 6.45) is -4.40. The van der Waals surface area contributed by atoms with Crippen LogP contribution in [0.1, 0.15) is 10.4 Å². The monoisotopic (exact) mass is 454 g/mol. The first-order valence-corrected chi connectivity index (χ1v) is 8.50. The summed E-state index contributed by atoms with van der Waals surface area (Å²) in [6.45, 7) is 0. The third kappa shape index (κ3) is 3.94. The number of hydrogen-bond acceptors (Lipinski definition) is 4. The average molecular weight is 455 g/mol. The minimum atomic E-state index is -4.40. The number of alkyl halides is 4. The van der Waals surface area contributed by atoms with Crippen LogP contribution in [0.3, 0.4) is 0 Å². The first-order valence-electron chi connectivity index (χ1n) is 7.34. The minimum absolute atomic E-state index is 0.116. The molecule has 0 aromatic heterocycles. The molecule has 2 aromatic rings. The van der Waals surface area contributed by atoms with E-state index in [4.69, 9.17) is 35.4 Å². The van der Waals surface area contributed by atoms with E-state index in [1.807, 2.05) is 0 Å². The zero-order valence-corrected chi connectivity index (χ0v) is 15.7. The van der Waals surface area contributed by atoms with E-state index in [1.54, 1.807) is 0 Å². The summed E-state index contributed by atoms with van der Waals surface area (Å²) in [6, 6.07) is 7.05. The summed E-state index contributed by atoms with van der Waals surface area (Å²) in [5, 5.41) is 0.420. The summed E-state index contributed by atoms with van der Waals surface area (Å²) < 4.78 is 62.8. The Morgan fingerprint density at radius 1 is 1.11 bits per heavy atom. The second kappa shape index (κ2) is 7.26. The largest absolute Gasteiger partial charge is 0.488 e. The lowest BCUT2D eigenvalue weighted by Crippen LogP contribution is -2.51. The van der Waals surface area contributed by atoms with Crippen LogP contribution in [0, 0.1) is 5.82 Å². The van der Waals surface area contributed by atoms with Crippen LogP contribution in [0.15, 0.2) is 36.4 Å². The van der Waals surface area contributed by atoms with E-state index < -0.39 is 40.2 Å². The van der Waals surface area contributed by atoms with Crippen LogP contribution in [0.5, 0.6) is 11.5 Å². The number of rotatable bonds is 2. The van der Waals surface area contributed by atoms with Crippen molar-refractivity contribution in [1.82, 2.24) is 5.32 Å². The molecule has 0 saturated heterocycles. The van der Waals surface area contributed by atoms with Crippen LogP contribution in [0.4, 0.5) is 23.2 Å². The molecule has 12 heteroatoms. The predicted octanol–water partition coefficient (Wildman–Crippen LogP) is 4.83. The molecule has 5 nitrogen and oxygen atoms in total. The van der Waals surface area contributed by atoms with E-state index in [0.717, 1.165) is 18.2 Å². The van der Waals surface area contributed by atoms with Crippen molar-refractivity contribution < 1.29 is 31.8 Å². The van der Waals surface area contributed by atoms with Gasteiger partial charge in [-0.3, -0.25) is 10.1 Å². The highest BCUT2D eigenvalue weighted by molar-refractivity contribution is 7.80. The fraction of sp³-hybridized carbons (Fsp3) is 0.125. The van der Waals surface area contributed by atoms with E-state index in [-0.39, 0.29) is 15.8 Å². The van der Waals surface area contributed by atoms with Gasteiger partial charge in [0.2, 0.25) is 0 Å². The van der Waals surface area contributed by atoms with Gasteiger partial charge < -0.3 is 14.8 Å². The fourth-order valence-corrected chi connectivity index (χ4v) is 2.77. The maximum absolute atomic E-state index is 13.8. The molecule has 3 rings (SSSR count). The second-order valence-corrected chi connectivity index (χ2v) is 6.71. The Morgan fingerprint density at radius 2 is 1.82 bits per heavy atom. The van der Waals surface area contributed by atoms with Crippen LogP contribution in [0.25, 0.3) is 0 Å². The summed E-state index contributed by atoms with van der Waals surface area (Å²) in [7, 11) is 0. The quantitative estimate of drug-likeness (QED) is 0.386. The SMILES string of the molecule is O=C(NC(=S)Nc1ccc2c(c1)OC(F)(Cl)C(F)(F)O2)c1c(F)cccc1Cl. The number of thiocarbonyl (C=S) groups is 1. The van der Waals surface area contributed by atoms with Crippen molar-refractivity contribution in [1.29, 1.82) is 0 Å². The maximum atomic E-state index is 13.8.